The number of thiazole rings is 1. The van der Waals surface area contributed by atoms with Crippen LogP contribution < -0.4 is 5.32 Å². The maximum atomic E-state index is 12.1. The second kappa shape index (κ2) is 6.65. The minimum atomic E-state index is -0.436. The molecule has 112 valence electrons. The fourth-order valence-electron chi connectivity index (χ4n) is 2.38. The standard InChI is InChI=1S/C14H23N3O2S/c1-9(2)17(7-10(3)18)8-13(19)16-14-15-11-5-4-6-12(11)20-14/h9-10,18H,4-8H2,1-3H3,(H,15,16,19). The molecular weight excluding hydrogens is 274 g/mol. The Balaban J connectivity index is 1.90. The molecule has 0 aromatic carbocycles. The molecule has 1 aliphatic carbocycles. The molecule has 1 amide bonds. The molecule has 2 rings (SSSR count). The smallest absolute Gasteiger partial charge is 0.240 e. The van der Waals surface area contributed by atoms with Crippen LogP contribution in [0.1, 0.15) is 37.8 Å². The van der Waals surface area contributed by atoms with E-state index in [-0.39, 0.29) is 18.5 Å². The normalized spacial score (nSPS) is 15.7. The Hall–Kier alpha value is -0.980. The lowest BCUT2D eigenvalue weighted by atomic mass is 10.2. The molecule has 0 saturated carbocycles. The van der Waals surface area contributed by atoms with Gasteiger partial charge in [0.2, 0.25) is 5.91 Å². The van der Waals surface area contributed by atoms with Crippen molar-refractivity contribution < 1.29 is 9.90 Å². The lowest BCUT2D eigenvalue weighted by Gasteiger charge is -2.26. The number of aromatic nitrogens is 1. The van der Waals surface area contributed by atoms with Gasteiger partial charge in [0.05, 0.1) is 18.3 Å². The van der Waals surface area contributed by atoms with Gasteiger partial charge in [0.1, 0.15) is 0 Å². The summed E-state index contributed by atoms with van der Waals surface area (Å²) in [5.41, 5.74) is 1.15. The molecule has 0 saturated heterocycles. The van der Waals surface area contributed by atoms with Crippen molar-refractivity contribution >= 4 is 22.4 Å². The Kier molecular flexibility index (Phi) is 5.12. The van der Waals surface area contributed by atoms with Crippen molar-refractivity contribution in [2.75, 3.05) is 18.4 Å². The first-order chi connectivity index (χ1) is 9.45. The molecule has 0 fully saturated rings. The van der Waals surface area contributed by atoms with Gasteiger partial charge in [-0.3, -0.25) is 9.69 Å². The average Bonchev–Trinajstić information content (AvgIpc) is 2.87. The SMILES string of the molecule is CC(O)CN(CC(=O)Nc1nc2c(s1)CCC2)C(C)C. The molecule has 0 spiro atoms. The minimum absolute atomic E-state index is 0.0632. The van der Waals surface area contributed by atoms with Crippen LogP contribution >= 0.6 is 11.3 Å². The first kappa shape index (κ1) is 15.4. The predicted molar refractivity (Wildman–Crippen MR) is 81.2 cm³/mol. The zero-order valence-corrected chi connectivity index (χ0v) is 13.2. The lowest BCUT2D eigenvalue weighted by molar-refractivity contribution is -0.118. The number of aliphatic hydroxyl groups excluding tert-OH is 1. The van der Waals surface area contributed by atoms with Crippen LogP contribution in [0.2, 0.25) is 0 Å². The highest BCUT2D eigenvalue weighted by Gasteiger charge is 2.20. The summed E-state index contributed by atoms with van der Waals surface area (Å²) in [4.78, 5) is 19.8. The quantitative estimate of drug-likeness (QED) is 0.838. The number of rotatable bonds is 6. The number of hydrogen-bond donors (Lipinski definition) is 2. The molecule has 5 nitrogen and oxygen atoms in total. The number of amides is 1. The van der Waals surface area contributed by atoms with E-state index in [9.17, 15) is 9.90 Å². The van der Waals surface area contributed by atoms with E-state index in [0.29, 0.717) is 11.7 Å². The van der Waals surface area contributed by atoms with E-state index in [1.807, 2.05) is 18.7 Å². The van der Waals surface area contributed by atoms with E-state index in [1.54, 1.807) is 18.3 Å². The fourth-order valence-corrected chi connectivity index (χ4v) is 3.45. The number of aryl methyl sites for hydroxylation is 2. The van der Waals surface area contributed by atoms with Crippen LogP contribution in [0.25, 0.3) is 0 Å². The van der Waals surface area contributed by atoms with Crippen LogP contribution in [0.5, 0.6) is 0 Å². The summed E-state index contributed by atoms with van der Waals surface area (Å²) in [6, 6.07) is 0.219. The van der Waals surface area contributed by atoms with Gasteiger partial charge in [0.15, 0.2) is 5.13 Å². The molecule has 6 heteroatoms. The van der Waals surface area contributed by atoms with E-state index in [2.05, 4.69) is 10.3 Å². The van der Waals surface area contributed by atoms with Gasteiger partial charge in [0, 0.05) is 17.5 Å². The van der Waals surface area contributed by atoms with Gasteiger partial charge in [-0.15, -0.1) is 11.3 Å². The van der Waals surface area contributed by atoms with Gasteiger partial charge >= 0.3 is 0 Å². The van der Waals surface area contributed by atoms with E-state index in [0.717, 1.165) is 18.5 Å². The number of fused-ring (bicyclic) bond motifs is 1. The lowest BCUT2D eigenvalue weighted by Crippen LogP contribution is -2.41. The van der Waals surface area contributed by atoms with Crippen molar-refractivity contribution in [3.8, 4) is 0 Å². The highest BCUT2D eigenvalue weighted by Crippen LogP contribution is 2.30. The van der Waals surface area contributed by atoms with Gasteiger partial charge in [-0.2, -0.15) is 0 Å². The van der Waals surface area contributed by atoms with Crippen LogP contribution in [0.4, 0.5) is 5.13 Å². The maximum absolute atomic E-state index is 12.1. The first-order valence-electron chi connectivity index (χ1n) is 7.16. The van der Waals surface area contributed by atoms with Gasteiger partial charge in [-0.05, 0) is 40.0 Å². The number of anilines is 1. The molecular formula is C14H23N3O2S. The molecule has 1 unspecified atom stereocenters. The Labute approximate surface area is 124 Å². The molecule has 20 heavy (non-hydrogen) atoms. The van der Waals surface area contributed by atoms with Crippen molar-refractivity contribution in [3.05, 3.63) is 10.6 Å². The van der Waals surface area contributed by atoms with Crippen molar-refractivity contribution in [2.45, 2.75) is 52.2 Å². The Morgan fingerprint density at radius 2 is 2.20 bits per heavy atom. The first-order valence-corrected chi connectivity index (χ1v) is 7.98. The number of nitrogens with one attached hydrogen (secondary N) is 1. The third-order valence-corrected chi connectivity index (χ3v) is 4.49. The zero-order valence-electron chi connectivity index (χ0n) is 12.3. The molecule has 1 atom stereocenters. The average molecular weight is 297 g/mol. The highest BCUT2D eigenvalue weighted by molar-refractivity contribution is 7.15. The number of hydrogen-bond acceptors (Lipinski definition) is 5. The Bertz CT molecular complexity index is 449. The molecule has 1 aromatic heterocycles. The molecule has 0 radical (unpaired) electrons. The zero-order chi connectivity index (χ0) is 14.7. The van der Waals surface area contributed by atoms with Crippen molar-refractivity contribution in [3.63, 3.8) is 0 Å². The largest absolute Gasteiger partial charge is 0.392 e. The summed E-state index contributed by atoms with van der Waals surface area (Å²) in [5, 5.41) is 13.1. The van der Waals surface area contributed by atoms with Crippen molar-refractivity contribution in [2.24, 2.45) is 0 Å². The van der Waals surface area contributed by atoms with Gasteiger partial charge in [-0.25, -0.2) is 4.98 Å². The molecule has 1 heterocycles. The molecule has 1 aliphatic rings. The Morgan fingerprint density at radius 3 is 2.80 bits per heavy atom. The predicted octanol–water partition coefficient (Wildman–Crippen LogP) is 1.66. The summed E-state index contributed by atoms with van der Waals surface area (Å²) in [7, 11) is 0. The van der Waals surface area contributed by atoms with Crippen LogP contribution in [0.3, 0.4) is 0 Å². The van der Waals surface area contributed by atoms with Gasteiger partial charge in [-0.1, -0.05) is 0 Å². The maximum Gasteiger partial charge on any atom is 0.240 e. The van der Waals surface area contributed by atoms with E-state index < -0.39 is 6.10 Å². The van der Waals surface area contributed by atoms with Crippen molar-refractivity contribution in [1.29, 1.82) is 0 Å². The Morgan fingerprint density at radius 1 is 1.45 bits per heavy atom. The van der Waals surface area contributed by atoms with Crippen LogP contribution in [-0.2, 0) is 17.6 Å². The monoisotopic (exact) mass is 297 g/mol. The van der Waals surface area contributed by atoms with Gasteiger partial charge in [0.25, 0.3) is 0 Å². The summed E-state index contributed by atoms with van der Waals surface area (Å²) in [6.45, 7) is 6.56. The third-order valence-electron chi connectivity index (χ3n) is 3.42. The van der Waals surface area contributed by atoms with E-state index in [1.165, 1.54) is 11.3 Å². The highest BCUT2D eigenvalue weighted by atomic mass is 32.1. The summed E-state index contributed by atoms with van der Waals surface area (Å²) in [5.74, 6) is -0.0632. The van der Waals surface area contributed by atoms with Crippen molar-refractivity contribution in [1.82, 2.24) is 9.88 Å². The number of nitrogens with zero attached hydrogens (tertiary/aromatic N) is 2. The molecule has 0 bridgehead atoms. The molecule has 1 aromatic rings. The second-order valence-electron chi connectivity index (χ2n) is 5.66. The fraction of sp³-hybridized carbons (Fsp3) is 0.714. The number of carbonyl (C=O) groups is 1. The number of aliphatic hydroxyl groups is 1. The van der Waals surface area contributed by atoms with Crippen LogP contribution in [0, 0.1) is 0 Å². The minimum Gasteiger partial charge on any atom is -0.392 e. The van der Waals surface area contributed by atoms with Gasteiger partial charge < -0.3 is 10.4 Å². The topological polar surface area (TPSA) is 65.5 Å². The summed E-state index contributed by atoms with van der Waals surface area (Å²) >= 11 is 1.59. The molecule has 0 aliphatic heterocycles. The van der Waals surface area contributed by atoms with Crippen LogP contribution in [-0.4, -0.2) is 46.1 Å². The van der Waals surface area contributed by atoms with Crippen LogP contribution in [0.15, 0.2) is 0 Å². The molecule has 2 N–H and O–H groups in total. The number of carbonyl (C=O) groups excluding carboxylic acids is 1. The van der Waals surface area contributed by atoms with E-state index >= 15 is 0 Å². The third kappa shape index (κ3) is 4.01. The van der Waals surface area contributed by atoms with E-state index in [4.69, 9.17) is 0 Å². The summed E-state index contributed by atoms with van der Waals surface area (Å²) in [6.07, 6.45) is 2.86. The second-order valence-corrected chi connectivity index (χ2v) is 6.75. The summed E-state index contributed by atoms with van der Waals surface area (Å²) < 4.78 is 0.